The number of amides is 2. The molecule has 0 aromatic rings. The molecule has 1 atom stereocenters. The Balaban J connectivity index is 3.74. The maximum absolute atomic E-state index is 10.8. The number of nitrogens with zero attached hydrogens (tertiary/aromatic N) is 6. The van der Waals surface area contributed by atoms with E-state index in [-0.39, 0.29) is 12.8 Å². The van der Waals surface area contributed by atoms with Crippen molar-refractivity contribution in [3.05, 3.63) is 20.9 Å². The second-order valence-electron chi connectivity index (χ2n) is 2.87. The van der Waals surface area contributed by atoms with Gasteiger partial charge in [-0.1, -0.05) is 0 Å². The molecule has 0 aromatic carbocycles. The van der Waals surface area contributed by atoms with E-state index in [1.165, 1.54) is 0 Å². The molecule has 86 valence electrons. The van der Waals surface area contributed by atoms with Gasteiger partial charge in [-0.2, -0.15) is 0 Å². The summed E-state index contributed by atoms with van der Waals surface area (Å²) in [4.78, 5) is 26.0. The fourth-order valence-electron chi connectivity index (χ4n) is 0.948. The third-order valence-electron chi connectivity index (χ3n) is 1.70. The highest BCUT2D eigenvalue weighted by Gasteiger charge is 2.12. The zero-order valence-electron chi connectivity index (χ0n) is 8.35. The van der Waals surface area contributed by atoms with Crippen LogP contribution in [-0.2, 0) is 9.59 Å². The molecule has 2 amide bonds. The van der Waals surface area contributed by atoms with Gasteiger partial charge in [-0.3, -0.25) is 9.59 Å². The quantitative estimate of drug-likeness (QED) is 0.316. The molecule has 0 saturated heterocycles. The van der Waals surface area contributed by atoms with Crippen molar-refractivity contribution in [2.75, 3.05) is 0 Å². The molecule has 0 aliphatic heterocycles. The maximum atomic E-state index is 10.8. The van der Waals surface area contributed by atoms with E-state index < -0.39 is 17.9 Å². The van der Waals surface area contributed by atoms with Crippen molar-refractivity contribution in [3.63, 3.8) is 0 Å². The minimum atomic E-state index is -1.34. The molecule has 0 aromatic heterocycles. The van der Waals surface area contributed by atoms with Crippen molar-refractivity contribution < 1.29 is 14.7 Å². The molecule has 0 spiro atoms. The number of hydrogen-bond donors (Lipinski definition) is 1. The van der Waals surface area contributed by atoms with Crippen molar-refractivity contribution in [2.24, 2.45) is 10.2 Å². The van der Waals surface area contributed by atoms with Crippen LogP contribution in [0.4, 0.5) is 0 Å². The van der Waals surface area contributed by atoms with Gasteiger partial charge in [-0.15, -0.1) is 0 Å². The maximum Gasteiger partial charge on any atom is 0.247 e. The first-order valence-electron chi connectivity index (χ1n) is 4.46. The average Bonchev–Trinajstić information content (AvgIpc) is 2.24. The number of hydrogen-bond acceptors (Lipinski definition) is 3. The lowest BCUT2D eigenvalue weighted by Gasteiger charge is -2.04. The Morgan fingerprint density at radius 1 is 1.19 bits per heavy atom. The smallest absolute Gasteiger partial charge is 0.247 e. The molecule has 0 aliphatic carbocycles. The van der Waals surface area contributed by atoms with Crippen LogP contribution in [0.5, 0.6) is 0 Å². The first-order chi connectivity index (χ1) is 7.61. The molecule has 1 N–H and O–H groups in total. The summed E-state index contributed by atoms with van der Waals surface area (Å²) in [5, 5.41) is 14.7. The van der Waals surface area contributed by atoms with Crippen LogP contribution in [0.3, 0.4) is 0 Å². The minimum Gasteiger partial charge on any atom is -0.385 e. The third kappa shape index (κ3) is 6.39. The van der Waals surface area contributed by atoms with E-state index in [0.717, 1.165) is 0 Å². The van der Waals surface area contributed by atoms with Crippen molar-refractivity contribution in [1.82, 2.24) is 0 Å². The number of unbranched alkanes of at least 4 members (excludes halogenated alkanes) is 1. The molecule has 0 radical (unpaired) electrons. The van der Waals surface area contributed by atoms with Gasteiger partial charge in [-0.05, 0) is 40.6 Å². The minimum absolute atomic E-state index is 0.0620. The lowest BCUT2D eigenvalue weighted by atomic mass is 10.1. The normalized spacial score (nSPS) is 10.8. The molecule has 0 rings (SSSR count). The first-order valence-corrected chi connectivity index (χ1v) is 4.46. The molecule has 0 heterocycles. The van der Waals surface area contributed by atoms with E-state index in [1.54, 1.807) is 0 Å². The van der Waals surface area contributed by atoms with Crippen LogP contribution in [0, 0.1) is 0 Å². The van der Waals surface area contributed by atoms with Crippen LogP contribution >= 0.6 is 0 Å². The first kappa shape index (κ1) is 13.9. The second-order valence-corrected chi connectivity index (χ2v) is 2.87. The number of rotatable bonds is 6. The van der Waals surface area contributed by atoms with Gasteiger partial charge >= 0.3 is 0 Å². The Hall–Kier alpha value is -2.08. The zero-order chi connectivity index (χ0) is 12.4. The Kier molecular flexibility index (Phi) is 7.17. The lowest BCUT2D eigenvalue weighted by molar-refractivity contribution is -0.126. The summed E-state index contributed by atoms with van der Waals surface area (Å²) >= 11 is 0. The SMILES string of the molecule is [N-]=[N+]=NC(=O)CCCCC(O)C(=O)N=[N+]=[N-]. The van der Waals surface area contributed by atoms with E-state index in [9.17, 15) is 9.59 Å². The molecular weight excluding hydrogens is 216 g/mol. The fraction of sp³-hybridized carbons (Fsp3) is 0.714. The molecule has 9 nitrogen and oxygen atoms in total. The highest BCUT2D eigenvalue weighted by molar-refractivity contribution is 5.81. The largest absolute Gasteiger partial charge is 0.385 e. The van der Waals surface area contributed by atoms with Gasteiger partial charge < -0.3 is 5.11 Å². The zero-order valence-corrected chi connectivity index (χ0v) is 8.35. The number of aliphatic hydroxyl groups is 1. The summed E-state index contributed by atoms with van der Waals surface area (Å²) in [6.07, 6.45) is -0.405. The fourth-order valence-corrected chi connectivity index (χ4v) is 0.948. The van der Waals surface area contributed by atoms with Gasteiger partial charge in [0.2, 0.25) is 11.8 Å². The molecular formula is C7H10N6O3. The van der Waals surface area contributed by atoms with Crippen LogP contribution in [0.1, 0.15) is 25.7 Å². The van der Waals surface area contributed by atoms with Crippen molar-refractivity contribution in [3.8, 4) is 0 Å². The summed E-state index contributed by atoms with van der Waals surface area (Å²) in [6, 6.07) is 0. The van der Waals surface area contributed by atoms with Gasteiger partial charge in [0.1, 0.15) is 6.10 Å². The molecule has 16 heavy (non-hydrogen) atoms. The summed E-state index contributed by atoms with van der Waals surface area (Å²) in [7, 11) is 0. The highest BCUT2D eigenvalue weighted by Crippen LogP contribution is 2.06. The summed E-state index contributed by atoms with van der Waals surface area (Å²) < 4.78 is 0. The van der Waals surface area contributed by atoms with Crippen LogP contribution in [-0.4, -0.2) is 23.0 Å². The number of azide groups is 2. The van der Waals surface area contributed by atoms with Crippen molar-refractivity contribution in [1.29, 1.82) is 0 Å². The molecule has 0 saturated carbocycles. The van der Waals surface area contributed by atoms with Crippen LogP contribution < -0.4 is 0 Å². The summed E-state index contributed by atoms with van der Waals surface area (Å²) in [6.45, 7) is 0. The van der Waals surface area contributed by atoms with Crippen LogP contribution in [0.2, 0.25) is 0 Å². The number of carbonyl (C=O) groups is 2. The van der Waals surface area contributed by atoms with Gasteiger partial charge in [0.25, 0.3) is 0 Å². The number of aliphatic hydroxyl groups excluding tert-OH is 1. The highest BCUT2D eigenvalue weighted by atomic mass is 16.3. The average molecular weight is 226 g/mol. The molecule has 0 bridgehead atoms. The van der Waals surface area contributed by atoms with E-state index in [1.807, 2.05) is 0 Å². The Bertz CT molecular complexity index is 355. The third-order valence-corrected chi connectivity index (χ3v) is 1.70. The van der Waals surface area contributed by atoms with E-state index >= 15 is 0 Å². The molecule has 0 aliphatic rings. The molecule has 1 unspecified atom stereocenters. The predicted molar refractivity (Wildman–Crippen MR) is 52.8 cm³/mol. The van der Waals surface area contributed by atoms with Crippen LogP contribution in [0.25, 0.3) is 20.9 Å². The van der Waals surface area contributed by atoms with E-state index in [0.29, 0.717) is 12.8 Å². The van der Waals surface area contributed by atoms with E-state index in [2.05, 4.69) is 20.1 Å². The number of carbonyl (C=O) groups excluding carboxylic acids is 2. The van der Waals surface area contributed by atoms with Gasteiger partial charge in [0.15, 0.2) is 0 Å². The van der Waals surface area contributed by atoms with Crippen molar-refractivity contribution in [2.45, 2.75) is 31.8 Å². The molecule has 0 fully saturated rings. The predicted octanol–water partition coefficient (Wildman–Crippen LogP) is 1.58. The summed E-state index contributed by atoms with van der Waals surface area (Å²) in [5.74, 6) is -1.53. The summed E-state index contributed by atoms with van der Waals surface area (Å²) in [5.41, 5.74) is 15.8. The van der Waals surface area contributed by atoms with E-state index in [4.69, 9.17) is 16.2 Å². The topological polar surface area (TPSA) is 152 Å². The van der Waals surface area contributed by atoms with Crippen molar-refractivity contribution >= 4 is 11.8 Å². The standard InChI is InChI=1S/C7H10N6O3/c8-12-10-6(15)4-2-1-3-5(14)7(16)11-13-9/h5,14H,1-4H2. The lowest BCUT2D eigenvalue weighted by Crippen LogP contribution is -2.17. The molecule has 9 heteroatoms. The van der Waals surface area contributed by atoms with Gasteiger partial charge in [-0.25, -0.2) is 0 Å². The monoisotopic (exact) mass is 226 g/mol. The second kappa shape index (κ2) is 8.25. The van der Waals surface area contributed by atoms with Gasteiger partial charge in [0.05, 0.1) is 0 Å². The Morgan fingerprint density at radius 3 is 2.38 bits per heavy atom. The Morgan fingerprint density at radius 2 is 1.81 bits per heavy atom. The van der Waals surface area contributed by atoms with Gasteiger partial charge in [0, 0.05) is 16.2 Å². The van der Waals surface area contributed by atoms with Crippen LogP contribution in [0.15, 0.2) is 10.2 Å². The Labute approximate surface area is 90.3 Å².